The molecule has 160 valence electrons. The molecule has 0 unspecified atom stereocenters. The lowest BCUT2D eigenvalue weighted by molar-refractivity contribution is 0.102. The molecular weight excluding hydrogens is 441 g/mol. The molecule has 2 aromatic heterocycles. The van der Waals surface area contributed by atoms with E-state index in [1.807, 2.05) is 0 Å². The molecule has 0 spiro atoms. The second-order valence-electron chi connectivity index (χ2n) is 6.99. The first-order valence-corrected chi connectivity index (χ1v) is 10.0. The summed E-state index contributed by atoms with van der Waals surface area (Å²) in [5.74, 6) is 4.56. The Hall–Kier alpha value is -4.46. The summed E-state index contributed by atoms with van der Waals surface area (Å²) >= 11 is 6.27. The van der Waals surface area contributed by atoms with Gasteiger partial charge in [-0.3, -0.25) is 4.79 Å². The Kier molecular flexibility index (Phi) is 5.91. The van der Waals surface area contributed by atoms with Gasteiger partial charge in [0.2, 0.25) is 0 Å². The topological polar surface area (TPSA) is 72.7 Å². The SMILES string of the molecule is C#Cc1cc(F)ccc1-c1cc(C)c(C(=O)Nc2cnc(-n3nccn3)c(Cl)c2)cc1C#C. The van der Waals surface area contributed by atoms with Crippen molar-refractivity contribution in [2.24, 2.45) is 0 Å². The van der Waals surface area contributed by atoms with Crippen molar-refractivity contribution in [2.75, 3.05) is 5.32 Å². The molecule has 0 fully saturated rings. The lowest BCUT2D eigenvalue weighted by atomic mass is 9.91. The lowest BCUT2D eigenvalue weighted by Gasteiger charge is -2.14. The van der Waals surface area contributed by atoms with Crippen LogP contribution in [0.2, 0.25) is 5.02 Å². The maximum absolute atomic E-state index is 13.6. The highest BCUT2D eigenvalue weighted by Gasteiger charge is 2.17. The van der Waals surface area contributed by atoms with Crippen LogP contribution in [-0.4, -0.2) is 25.9 Å². The lowest BCUT2D eigenvalue weighted by Crippen LogP contribution is -2.15. The van der Waals surface area contributed by atoms with E-state index in [-0.39, 0.29) is 5.02 Å². The zero-order chi connectivity index (χ0) is 23.5. The quantitative estimate of drug-likeness (QED) is 0.455. The standard InChI is InChI=1S/C25H15ClFN5O/c1-4-16-11-18(27)6-7-20(16)22-10-15(3)21(12-17(22)5-2)25(33)31-19-13-23(26)24(28-14-19)32-29-8-9-30-32/h1-2,6-14H,3H3,(H,31,33). The van der Waals surface area contributed by atoms with Crippen LogP contribution in [0.15, 0.2) is 55.0 Å². The number of pyridine rings is 1. The van der Waals surface area contributed by atoms with Crippen molar-refractivity contribution in [3.8, 4) is 41.6 Å². The maximum atomic E-state index is 13.6. The van der Waals surface area contributed by atoms with Crippen molar-refractivity contribution in [1.29, 1.82) is 0 Å². The van der Waals surface area contributed by atoms with Crippen LogP contribution in [0, 0.1) is 37.4 Å². The third kappa shape index (κ3) is 4.31. The number of halogens is 2. The van der Waals surface area contributed by atoms with Crippen molar-refractivity contribution in [3.05, 3.63) is 88.1 Å². The summed E-state index contributed by atoms with van der Waals surface area (Å²) < 4.78 is 13.6. The van der Waals surface area contributed by atoms with E-state index in [9.17, 15) is 9.18 Å². The molecule has 0 aliphatic heterocycles. The minimum Gasteiger partial charge on any atom is -0.321 e. The molecule has 1 N–H and O–H groups in total. The molecule has 0 aliphatic carbocycles. The van der Waals surface area contributed by atoms with E-state index in [0.29, 0.717) is 44.9 Å². The number of hydrogen-bond acceptors (Lipinski definition) is 4. The Morgan fingerprint density at radius 2 is 1.76 bits per heavy atom. The number of carbonyl (C=O) groups is 1. The number of aryl methyl sites for hydroxylation is 1. The van der Waals surface area contributed by atoms with Gasteiger partial charge in [-0.05, 0) is 53.9 Å². The van der Waals surface area contributed by atoms with Crippen LogP contribution >= 0.6 is 11.6 Å². The van der Waals surface area contributed by atoms with E-state index < -0.39 is 11.7 Å². The molecular formula is C25H15ClFN5O. The maximum Gasteiger partial charge on any atom is 0.256 e. The fraction of sp³-hybridized carbons (Fsp3) is 0.0400. The fourth-order valence-corrected chi connectivity index (χ4v) is 3.58. The first kappa shape index (κ1) is 21.8. The van der Waals surface area contributed by atoms with E-state index >= 15 is 0 Å². The molecule has 1 amide bonds. The zero-order valence-corrected chi connectivity index (χ0v) is 18.1. The highest BCUT2D eigenvalue weighted by atomic mass is 35.5. The van der Waals surface area contributed by atoms with E-state index in [0.717, 1.165) is 0 Å². The van der Waals surface area contributed by atoms with Gasteiger partial charge < -0.3 is 5.32 Å². The largest absolute Gasteiger partial charge is 0.321 e. The van der Waals surface area contributed by atoms with Gasteiger partial charge in [0, 0.05) is 16.7 Å². The average molecular weight is 456 g/mol. The molecule has 0 bridgehead atoms. The minimum absolute atomic E-state index is 0.263. The van der Waals surface area contributed by atoms with E-state index in [1.54, 1.807) is 31.2 Å². The van der Waals surface area contributed by atoms with Crippen LogP contribution in [0.1, 0.15) is 27.0 Å². The summed E-state index contributed by atoms with van der Waals surface area (Å²) in [6, 6.07) is 9.06. The van der Waals surface area contributed by atoms with Gasteiger partial charge in [-0.2, -0.15) is 10.2 Å². The molecule has 4 rings (SSSR count). The van der Waals surface area contributed by atoms with Crippen LogP contribution < -0.4 is 5.32 Å². The van der Waals surface area contributed by atoms with Crippen LogP contribution in [0.3, 0.4) is 0 Å². The molecule has 8 heteroatoms. The van der Waals surface area contributed by atoms with Gasteiger partial charge in [-0.15, -0.1) is 17.6 Å². The number of carbonyl (C=O) groups excluding carboxylic acids is 1. The van der Waals surface area contributed by atoms with Crippen LogP contribution in [0.5, 0.6) is 0 Å². The van der Waals surface area contributed by atoms with Crippen molar-refractivity contribution in [1.82, 2.24) is 20.0 Å². The smallest absolute Gasteiger partial charge is 0.256 e. The second kappa shape index (κ2) is 8.96. The Labute approximate surface area is 194 Å². The molecule has 33 heavy (non-hydrogen) atoms. The highest BCUT2D eigenvalue weighted by molar-refractivity contribution is 6.32. The molecule has 0 radical (unpaired) electrons. The van der Waals surface area contributed by atoms with Gasteiger partial charge in [0.15, 0.2) is 5.82 Å². The first-order chi connectivity index (χ1) is 15.9. The van der Waals surface area contributed by atoms with E-state index in [2.05, 4.69) is 32.3 Å². The van der Waals surface area contributed by atoms with Crippen molar-refractivity contribution >= 4 is 23.2 Å². The molecule has 2 heterocycles. The summed E-state index contributed by atoms with van der Waals surface area (Å²) in [5, 5.41) is 11.0. The number of hydrogen-bond donors (Lipinski definition) is 1. The van der Waals surface area contributed by atoms with Gasteiger partial charge in [-0.1, -0.05) is 29.5 Å². The molecule has 0 aliphatic rings. The van der Waals surface area contributed by atoms with Crippen LogP contribution in [-0.2, 0) is 0 Å². The van der Waals surface area contributed by atoms with Gasteiger partial charge in [0.25, 0.3) is 5.91 Å². The number of benzene rings is 2. The Morgan fingerprint density at radius 1 is 1.06 bits per heavy atom. The highest BCUT2D eigenvalue weighted by Crippen LogP contribution is 2.30. The predicted molar refractivity (Wildman–Crippen MR) is 125 cm³/mol. The Bertz CT molecular complexity index is 1470. The average Bonchev–Trinajstić information content (AvgIpc) is 3.33. The molecule has 0 saturated heterocycles. The van der Waals surface area contributed by atoms with E-state index in [4.69, 9.17) is 24.4 Å². The number of terminal acetylenes is 2. The number of nitrogens with one attached hydrogen (secondary N) is 1. The Morgan fingerprint density at radius 3 is 2.42 bits per heavy atom. The molecule has 6 nitrogen and oxygen atoms in total. The first-order valence-electron chi connectivity index (χ1n) is 9.62. The number of nitrogens with zero attached hydrogens (tertiary/aromatic N) is 4. The van der Waals surface area contributed by atoms with Crippen LogP contribution in [0.25, 0.3) is 16.9 Å². The summed E-state index contributed by atoms with van der Waals surface area (Å²) in [4.78, 5) is 18.5. The summed E-state index contributed by atoms with van der Waals surface area (Å²) in [6.45, 7) is 1.77. The van der Waals surface area contributed by atoms with Crippen molar-refractivity contribution in [3.63, 3.8) is 0 Å². The third-order valence-corrected chi connectivity index (χ3v) is 5.16. The van der Waals surface area contributed by atoms with Crippen LogP contribution in [0.4, 0.5) is 10.1 Å². The van der Waals surface area contributed by atoms with Gasteiger partial charge in [0.1, 0.15) is 5.82 Å². The summed E-state index contributed by atoms with van der Waals surface area (Å²) in [6.07, 6.45) is 15.7. The number of aromatic nitrogens is 4. The fourth-order valence-electron chi connectivity index (χ4n) is 3.34. The minimum atomic E-state index is -0.441. The second-order valence-corrected chi connectivity index (χ2v) is 7.40. The summed E-state index contributed by atoms with van der Waals surface area (Å²) in [5.41, 5.74) is 3.48. The van der Waals surface area contributed by atoms with Gasteiger partial charge in [-0.25, -0.2) is 9.37 Å². The number of anilines is 1. The zero-order valence-electron chi connectivity index (χ0n) is 17.3. The Balaban J connectivity index is 1.66. The third-order valence-electron chi connectivity index (χ3n) is 4.88. The number of amides is 1. The normalized spacial score (nSPS) is 10.3. The summed E-state index contributed by atoms with van der Waals surface area (Å²) in [7, 11) is 0. The van der Waals surface area contributed by atoms with E-state index in [1.165, 1.54) is 35.5 Å². The molecule has 4 aromatic rings. The molecule has 0 atom stereocenters. The number of rotatable bonds is 4. The van der Waals surface area contributed by atoms with Crippen molar-refractivity contribution in [2.45, 2.75) is 6.92 Å². The predicted octanol–water partition coefficient (Wildman–Crippen LogP) is 4.65. The molecule has 2 aromatic carbocycles. The van der Waals surface area contributed by atoms with Gasteiger partial charge >= 0.3 is 0 Å². The van der Waals surface area contributed by atoms with Crippen molar-refractivity contribution < 1.29 is 9.18 Å². The van der Waals surface area contributed by atoms with Gasteiger partial charge in [0.05, 0.1) is 29.3 Å². The molecule has 0 saturated carbocycles. The monoisotopic (exact) mass is 455 g/mol.